The molecular weight excluding hydrogens is 344 g/mol. The Morgan fingerprint density at radius 1 is 1.22 bits per heavy atom. The highest BCUT2D eigenvalue weighted by atomic mass is 16.6. The van der Waals surface area contributed by atoms with Crippen LogP contribution < -0.4 is 10.2 Å². The van der Waals surface area contributed by atoms with Crippen molar-refractivity contribution >= 4 is 17.7 Å². The highest BCUT2D eigenvalue weighted by Gasteiger charge is 2.40. The molecule has 140 valence electrons. The number of fused-ring (bicyclic) bond motifs is 2. The molecule has 2 amide bonds. The summed E-state index contributed by atoms with van der Waals surface area (Å²) in [7, 11) is 0. The number of anilines is 1. The standard InChI is InChI=1S/C21H22N2O4/c1-21(2,3)27-20(26)23-16-8-7-14(24)9-13(16)10-17(23)15-6-4-5-12-11-22-19(25)18(12)15/h4-9,17,24H,10-11H2,1-3H3,(H,22,25). The van der Waals surface area contributed by atoms with E-state index in [4.69, 9.17) is 4.74 Å². The lowest BCUT2D eigenvalue weighted by Crippen LogP contribution is -2.38. The summed E-state index contributed by atoms with van der Waals surface area (Å²) >= 11 is 0. The average Bonchev–Trinajstić information content (AvgIpc) is 3.14. The van der Waals surface area contributed by atoms with Crippen LogP contribution in [0.1, 0.15) is 53.9 Å². The van der Waals surface area contributed by atoms with Gasteiger partial charge in [-0.05, 0) is 62.1 Å². The fourth-order valence-electron chi connectivity index (χ4n) is 3.81. The molecule has 0 fully saturated rings. The zero-order valence-electron chi connectivity index (χ0n) is 15.6. The number of rotatable bonds is 1. The molecule has 4 rings (SSSR count). The Hall–Kier alpha value is -3.02. The minimum Gasteiger partial charge on any atom is -0.508 e. The number of aromatic hydroxyl groups is 1. The summed E-state index contributed by atoms with van der Waals surface area (Å²) in [4.78, 5) is 27.0. The molecule has 2 heterocycles. The van der Waals surface area contributed by atoms with Crippen molar-refractivity contribution in [2.45, 2.75) is 45.4 Å². The summed E-state index contributed by atoms with van der Waals surface area (Å²) in [5, 5.41) is 12.7. The van der Waals surface area contributed by atoms with Gasteiger partial charge in [-0.3, -0.25) is 9.69 Å². The first-order valence-corrected chi connectivity index (χ1v) is 8.99. The quantitative estimate of drug-likeness (QED) is 0.807. The molecule has 0 aliphatic carbocycles. The Morgan fingerprint density at radius 2 is 2.00 bits per heavy atom. The second kappa shape index (κ2) is 6.01. The Kier molecular flexibility index (Phi) is 3.87. The molecule has 0 radical (unpaired) electrons. The van der Waals surface area contributed by atoms with Gasteiger partial charge in [-0.1, -0.05) is 18.2 Å². The van der Waals surface area contributed by atoms with Crippen LogP contribution in [0.15, 0.2) is 36.4 Å². The first kappa shape index (κ1) is 17.4. The van der Waals surface area contributed by atoms with Crippen molar-refractivity contribution in [3.8, 4) is 5.75 Å². The second-order valence-electron chi connectivity index (χ2n) is 7.95. The smallest absolute Gasteiger partial charge is 0.415 e. The number of ether oxygens (including phenoxy) is 1. The fourth-order valence-corrected chi connectivity index (χ4v) is 3.81. The molecule has 1 unspecified atom stereocenters. The summed E-state index contributed by atoms with van der Waals surface area (Å²) in [6, 6.07) is 10.3. The van der Waals surface area contributed by atoms with E-state index in [1.807, 2.05) is 39.0 Å². The topological polar surface area (TPSA) is 78.9 Å². The SMILES string of the molecule is CC(C)(C)OC(=O)N1c2ccc(O)cc2CC1c1cccc2c1C(=O)NC2. The molecule has 6 nitrogen and oxygen atoms in total. The molecule has 27 heavy (non-hydrogen) atoms. The van der Waals surface area contributed by atoms with Gasteiger partial charge in [0, 0.05) is 12.1 Å². The van der Waals surface area contributed by atoms with Crippen LogP contribution >= 0.6 is 0 Å². The molecule has 2 aromatic rings. The number of carbonyl (C=O) groups is 2. The number of carbonyl (C=O) groups excluding carboxylic acids is 2. The number of nitrogens with one attached hydrogen (secondary N) is 1. The van der Waals surface area contributed by atoms with E-state index in [9.17, 15) is 14.7 Å². The minimum atomic E-state index is -0.642. The predicted molar refractivity (Wildman–Crippen MR) is 101 cm³/mol. The lowest BCUT2D eigenvalue weighted by atomic mass is 9.94. The van der Waals surface area contributed by atoms with Crippen molar-refractivity contribution in [3.63, 3.8) is 0 Å². The number of phenols is 1. The number of hydrogen-bond donors (Lipinski definition) is 2. The van der Waals surface area contributed by atoms with Gasteiger partial charge in [0.25, 0.3) is 5.91 Å². The Bertz CT molecular complexity index is 946. The molecule has 0 aromatic heterocycles. The molecular formula is C21H22N2O4. The van der Waals surface area contributed by atoms with Crippen LogP contribution in [0.3, 0.4) is 0 Å². The second-order valence-corrected chi connectivity index (χ2v) is 7.95. The summed E-state index contributed by atoms with van der Waals surface area (Å²) in [5.41, 5.74) is 3.26. The molecule has 0 saturated carbocycles. The number of hydrogen-bond acceptors (Lipinski definition) is 4. The van der Waals surface area contributed by atoms with Gasteiger partial charge in [0.15, 0.2) is 0 Å². The van der Waals surface area contributed by atoms with E-state index in [1.54, 1.807) is 23.1 Å². The summed E-state index contributed by atoms with van der Waals surface area (Å²) in [6.45, 7) is 5.96. The van der Waals surface area contributed by atoms with Crippen LogP contribution in [0.25, 0.3) is 0 Å². The van der Waals surface area contributed by atoms with E-state index in [2.05, 4.69) is 5.32 Å². The maximum Gasteiger partial charge on any atom is 0.415 e. The van der Waals surface area contributed by atoms with Crippen LogP contribution in [-0.2, 0) is 17.7 Å². The number of amides is 2. The third kappa shape index (κ3) is 3.01. The normalized spacial score (nSPS) is 18.1. The van der Waals surface area contributed by atoms with Crippen molar-refractivity contribution in [1.82, 2.24) is 5.32 Å². The Morgan fingerprint density at radius 3 is 2.74 bits per heavy atom. The van der Waals surface area contributed by atoms with Crippen molar-refractivity contribution < 1.29 is 19.4 Å². The van der Waals surface area contributed by atoms with E-state index in [-0.39, 0.29) is 17.7 Å². The van der Waals surface area contributed by atoms with Crippen LogP contribution in [-0.4, -0.2) is 22.7 Å². The summed E-state index contributed by atoms with van der Waals surface area (Å²) in [6.07, 6.45) is 0.0418. The van der Waals surface area contributed by atoms with Gasteiger partial charge in [0.05, 0.1) is 11.7 Å². The van der Waals surface area contributed by atoms with Crippen LogP contribution in [0, 0.1) is 0 Å². The molecule has 2 aromatic carbocycles. The zero-order chi connectivity index (χ0) is 19.3. The van der Waals surface area contributed by atoms with Crippen LogP contribution in [0.4, 0.5) is 10.5 Å². The lowest BCUT2D eigenvalue weighted by Gasteiger charge is -2.30. The third-order valence-electron chi connectivity index (χ3n) is 4.85. The highest BCUT2D eigenvalue weighted by Crippen LogP contribution is 2.44. The van der Waals surface area contributed by atoms with Crippen LogP contribution in [0.5, 0.6) is 5.75 Å². The van der Waals surface area contributed by atoms with Crippen molar-refractivity contribution in [1.29, 1.82) is 0 Å². The monoisotopic (exact) mass is 366 g/mol. The highest BCUT2D eigenvalue weighted by molar-refractivity contribution is 6.01. The van der Waals surface area contributed by atoms with E-state index >= 15 is 0 Å². The summed E-state index contributed by atoms with van der Waals surface area (Å²) < 4.78 is 5.63. The van der Waals surface area contributed by atoms with Crippen molar-refractivity contribution in [2.24, 2.45) is 0 Å². The Labute approximate surface area is 157 Å². The maximum atomic E-state index is 13.0. The Balaban J connectivity index is 1.82. The van der Waals surface area contributed by atoms with Crippen molar-refractivity contribution in [3.05, 3.63) is 58.7 Å². The molecule has 0 bridgehead atoms. The molecule has 0 spiro atoms. The molecule has 6 heteroatoms. The largest absolute Gasteiger partial charge is 0.508 e. The number of nitrogens with zero attached hydrogens (tertiary/aromatic N) is 1. The van der Waals surface area contributed by atoms with Crippen LogP contribution in [0.2, 0.25) is 0 Å². The lowest BCUT2D eigenvalue weighted by molar-refractivity contribution is 0.0568. The van der Waals surface area contributed by atoms with Gasteiger partial charge in [-0.15, -0.1) is 0 Å². The molecule has 0 saturated heterocycles. The molecule has 2 N–H and O–H groups in total. The first-order chi connectivity index (χ1) is 12.7. The van der Waals surface area contributed by atoms with E-state index < -0.39 is 11.7 Å². The number of phenolic OH excluding ortho intramolecular Hbond substituents is 1. The fraction of sp³-hybridized carbons (Fsp3) is 0.333. The van der Waals surface area contributed by atoms with Gasteiger partial charge in [-0.2, -0.15) is 0 Å². The molecule has 2 aliphatic heterocycles. The first-order valence-electron chi connectivity index (χ1n) is 8.99. The zero-order valence-corrected chi connectivity index (χ0v) is 15.6. The van der Waals surface area contributed by atoms with Gasteiger partial charge in [0.1, 0.15) is 11.4 Å². The van der Waals surface area contributed by atoms with E-state index in [0.717, 1.165) is 16.7 Å². The number of benzene rings is 2. The van der Waals surface area contributed by atoms with Crippen molar-refractivity contribution in [2.75, 3.05) is 4.90 Å². The minimum absolute atomic E-state index is 0.122. The third-order valence-corrected chi connectivity index (χ3v) is 4.85. The molecule has 1 atom stereocenters. The predicted octanol–water partition coefficient (Wildman–Crippen LogP) is 3.67. The maximum absolute atomic E-state index is 13.0. The average molecular weight is 366 g/mol. The summed E-state index contributed by atoms with van der Waals surface area (Å²) in [5.74, 6) is 0.0260. The van der Waals surface area contributed by atoms with Gasteiger partial charge in [0.2, 0.25) is 0 Å². The van der Waals surface area contributed by atoms with E-state index in [1.165, 1.54) is 0 Å². The van der Waals surface area contributed by atoms with Gasteiger partial charge >= 0.3 is 6.09 Å². The van der Waals surface area contributed by atoms with E-state index in [0.29, 0.717) is 24.2 Å². The van der Waals surface area contributed by atoms with Gasteiger partial charge < -0.3 is 15.2 Å². The molecule has 2 aliphatic rings. The van der Waals surface area contributed by atoms with Gasteiger partial charge in [-0.25, -0.2) is 4.79 Å².